The second kappa shape index (κ2) is 7.97. The molecule has 2 aromatic carbocycles. The molecule has 35 heavy (non-hydrogen) atoms. The fourth-order valence-corrected chi connectivity index (χ4v) is 6.29. The van der Waals surface area contributed by atoms with Crippen LogP contribution in [0.25, 0.3) is 0 Å². The van der Waals surface area contributed by atoms with Crippen molar-refractivity contribution in [3.8, 4) is 23.0 Å². The van der Waals surface area contributed by atoms with Gasteiger partial charge in [0.05, 0.1) is 38.6 Å². The van der Waals surface area contributed by atoms with Crippen LogP contribution in [0, 0.1) is 23.7 Å². The maximum Gasteiger partial charge on any atom is 0.231 e. The highest BCUT2D eigenvalue weighted by atomic mass is 16.8. The molecule has 6 aliphatic rings. The van der Waals surface area contributed by atoms with Crippen LogP contribution in [0.5, 0.6) is 23.0 Å². The highest BCUT2D eigenvalue weighted by Crippen LogP contribution is 2.50. The Kier molecular flexibility index (Phi) is 4.70. The van der Waals surface area contributed by atoms with Gasteiger partial charge >= 0.3 is 0 Å². The summed E-state index contributed by atoms with van der Waals surface area (Å²) in [7, 11) is 0. The van der Waals surface area contributed by atoms with E-state index < -0.39 is 0 Å². The first-order valence-electron chi connectivity index (χ1n) is 12.2. The molecule has 4 saturated heterocycles. The number of ether oxygens (including phenoxy) is 9. The summed E-state index contributed by atoms with van der Waals surface area (Å²) in [5, 5.41) is 0. The zero-order valence-corrected chi connectivity index (χ0v) is 19.0. The van der Waals surface area contributed by atoms with E-state index in [9.17, 15) is 0 Å². The van der Waals surface area contributed by atoms with Crippen molar-refractivity contribution < 1.29 is 42.6 Å². The highest BCUT2D eigenvalue weighted by molar-refractivity contribution is 5.46. The van der Waals surface area contributed by atoms with Crippen molar-refractivity contribution in [2.75, 3.05) is 40.0 Å². The fraction of sp³-hybridized carbons (Fsp3) is 0.538. The van der Waals surface area contributed by atoms with E-state index in [0.29, 0.717) is 26.4 Å². The van der Waals surface area contributed by atoms with Crippen molar-refractivity contribution in [3.63, 3.8) is 0 Å². The molecule has 6 heterocycles. The SMILES string of the molecule is c1cc2c(cc1C1OCC3C(OC4OCC5C(c6ccc7c(c6)OCO7)OCC45)OCC13)OCO2. The lowest BCUT2D eigenvalue weighted by molar-refractivity contribution is -0.242. The molecule has 0 radical (unpaired) electrons. The average Bonchev–Trinajstić information content (AvgIpc) is 3.70. The van der Waals surface area contributed by atoms with Crippen LogP contribution >= 0.6 is 0 Å². The topological polar surface area (TPSA) is 83.1 Å². The van der Waals surface area contributed by atoms with Gasteiger partial charge in [-0.3, -0.25) is 0 Å². The van der Waals surface area contributed by atoms with Crippen LogP contribution in [0.4, 0.5) is 0 Å². The maximum atomic E-state index is 6.42. The van der Waals surface area contributed by atoms with Gasteiger partial charge in [-0.2, -0.15) is 0 Å². The van der Waals surface area contributed by atoms with Crippen LogP contribution in [0.3, 0.4) is 0 Å². The summed E-state index contributed by atoms with van der Waals surface area (Å²) in [5.41, 5.74) is 2.16. The largest absolute Gasteiger partial charge is 0.454 e. The monoisotopic (exact) mass is 482 g/mol. The van der Waals surface area contributed by atoms with Gasteiger partial charge < -0.3 is 42.6 Å². The van der Waals surface area contributed by atoms with Gasteiger partial charge in [-0.15, -0.1) is 0 Å². The summed E-state index contributed by atoms with van der Waals surface area (Å²) in [6.07, 6.45) is -0.809. The van der Waals surface area contributed by atoms with Gasteiger partial charge in [-0.25, -0.2) is 0 Å². The van der Waals surface area contributed by atoms with Gasteiger partial charge in [0.1, 0.15) is 0 Å². The Labute approximate surface area is 202 Å². The Bertz CT molecular complexity index is 1050. The minimum Gasteiger partial charge on any atom is -0.454 e. The molecule has 0 spiro atoms. The molecule has 6 aliphatic heterocycles. The first-order chi connectivity index (χ1) is 17.3. The predicted molar refractivity (Wildman–Crippen MR) is 117 cm³/mol. The minimum absolute atomic E-state index is 0.0504. The molecule has 8 atom stereocenters. The zero-order chi connectivity index (χ0) is 22.9. The Morgan fingerprint density at radius 3 is 1.49 bits per heavy atom. The van der Waals surface area contributed by atoms with Crippen molar-refractivity contribution in [1.29, 1.82) is 0 Å². The second-order valence-electron chi connectivity index (χ2n) is 9.93. The van der Waals surface area contributed by atoms with E-state index in [-0.39, 0.29) is 62.0 Å². The van der Waals surface area contributed by atoms with Crippen molar-refractivity contribution in [2.45, 2.75) is 24.8 Å². The molecular weight excluding hydrogens is 456 g/mol. The first-order valence-corrected chi connectivity index (χ1v) is 12.2. The van der Waals surface area contributed by atoms with Gasteiger partial charge in [0.15, 0.2) is 35.6 Å². The summed E-state index contributed by atoms with van der Waals surface area (Å²) in [6, 6.07) is 12.0. The molecule has 4 fully saturated rings. The van der Waals surface area contributed by atoms with Gasteiger partial charge in [0.2, 0.25) is 13.6 Å². The number of rotatable bonds is 4. The number of benzene rings is 2. The van der Waals surface area contributed by atoms with Crippen LogP contribution in [0.1, 0.15) is 23.3 Å². The van der Waals surface area contributed by atoms with Crippen molar-refractivity contribution in [2.24, 2.45) is 23.7 Å². The summed E-state index contributed by atoms with van der Waals surface area (Å²) in [4.78, 5) is 0. The van der Waals surface area contributed by atoms with E-state index in [4.69, 9.17) is 42.6 Å². The molecule has 2 aromatic rings. The van der Waals surface area contributed by atoms with E-state index in [0.717, 1.165) is 34.1 Å². The molecule has 0 amide bonds. The van der Waals surface area contributed by atoms with E-state index in [2.05, 4.69) is 0 Å². The Morgan fingerprint density at radius 1 is 0.514 bits per heavy atom. The minimum atomic E-state index is -0.354. The Morgan fingerprint density at radius 2 is 0.971 bits per heavy atom. The van der Waals surface area contributed by atoms with Gasteiger partial charge in [-0.1, -0.05) is 12.1 Å². The molecule has 0 bridgehead atoms. The van der Waals surface area contributed by atoms with Crippen LogP contribution < -0.4 is 18.9 Å². The lowest BCUT2D eigenvalue weighted by Crippen LogP contribution is -2.32. The molecule has 0 aliphatic carbocycles. The van der Waals surface area contributed by atoms with E-state index in [1.165, 1.54) is 0 Å². The van der Waals surface area contributed by atoms with Crippen LogP contribution in [-0.2, 0) is 23.7 Å². The lowest BCUT2D eigenvalue weighted by atomic mass is 9.88. The lowest BCUT2D eigenvalue weighted by Gasteiger charge is -2.23. The molecule has 9 nitrogen and oxygen atoms in total. The number of hydrogen-bond acceptors (Lipinski definition) is 9. The maximum absolute atomic E-state index is 6.42. The standard InChI is InChI=1S/C26H26O9/c1-3-19-21(33-11-31-19)5-13(1)23-15-7-29-25(17(15)9-27-23)35-26-18-10-28-24(16(18)8-30-26)14-2-4-20-22(6-14)34-12-32-20/h1-6,15-18,23-26H,7-12H2. The first kappa shape index (κ1) is 20.6. The predicted octanol–water partition coefficient (Wildman–Crippen LogP) is 3.18. The normalized spacial score (nSPS) is 38.2. The van der Waals surface area contributed by atoms with E-state index >= 15 is 0 Å². The molecule has 9 heteroatoms. The number of fused-ring (bicyclic) bond motifs is 4. The van der Waals surface area contributed by atoms with E-state index in [1.54, 1.807) is 0 Å². The molecule has 8 rings (SSSR count). The highest BCUT2D eigenvalue weighted by Gasteiger charge is 2.53. The summed E-state index contributed by atoms with van der Waals surface area (Å²) in [5.74, 6) is 3.84. The summed E-state index contributed by atoms with van der Waals surface area (Å²) in [6.45, 7) is 2.88. The molecule has 0 N–H and O–H groups in total. The molecule has 0 saturated carbocycles. The van der Waals surface area contributed by atoms with Crippen LogP contribution in [0.2, 0.25) is 0 Å². The third-order valence-corrected chi connectivity index (χ3v) is 8.14. The van der Waals surface area contributed by atoms with Crippen LogP contribution in [-0.4, -0.2) is 52.6 Å². The zero-order valence-electron chi connectivity index (χ0n) is 19.0. The quantitative estimate of drug-likeness (QED) is 0.653. The smallest absolute Gasteiger partial charge is 0.231 e. The summed E-state index contributed by atoms with van der Waals surface area (Å²) < 4.78 is 53.1. The summed E-state index contributed by atoms with van der Waals surface area (Å²) >= 11 is 0. The van der Waals surface area contributed by atoms with Crippen molar-refractivity contribution in [3.05, 3.63) is 47.5 Å². The number of hydrogen-bond donors (Lipinski definition) is 0. The molecular formula is C26H26O9. The van der Waals surface area contributed by atoms with Crippen LogP contribution in [0.15, 0.2) is 36.4 Å². The van der Waals surface area contributed by atoms with E-state index in [1.807, 2.05) is 36.4 Å². The molecule has 8 unspecified atom stereocenters. The molecule has 184 valence electrons. The third kappa shape index (κ3) is 3.26. The van der Waals surface area contributed by atoms with Crippen molar-refractivity contribution in [1.82, 2.24) is 0 Å². The second-order valence-corrected chi connectivity index (χ2v) is 9.93. The van der Waals surface area contributed by atoms with Gasteiger partial charge in [0.25, 0.3) is 0 Å². The van der Waals surface area contributed by atoms with Gasteiger partial charge in [-0.05, 0) is 35.4 Å². The Balaban J connectivity index is 0.942. The molecule has 0 aromatic heterocycles. The fourth-order valence-electron chi connectivity index (χ4n) is 6.29. The van der Waals surface area contributed by atoms with Crippen molar-refractivity contribution >= 4 is 0 Å². The average molecular weight is 482 g/mol. The van der Waals surface area contributed by atoms with Gasteiger partial charge in [0, 0.05) is 23.7 Å². The Hall–Kier alpha value is -2.56. The third-order valence-electron chi connectivity index (χ3n) is 8.14.